The number of rotatable bonds is 5. The van der Waals surface area contributed by atoms with Crippen molar-refractivity contribution >= 4 is 5.97 Å². The molecule has 0 aromatic heterocycles. The predicted molar refractivity (Wildman–Crippen MR) is 59.7 cm³/mol. The number of hydrogen-bond donors (Lipinski definition) is 1. The molecule has 1 aromatic carbocycles. The van der Waals surface area contributed by atoms with Crippen molar-refractivity contribution in [3.63, 3.8) is 0 Å². The van der Waals surface area contributed by atoms with Crippen LogP contribution in [0.25, 0.3) is 0 Å². The number of aliphatic carboxylic acids is 1. The summed E-state index contributed by atoms with van der Waals surface area (Å²) in [6.07, 6.45) is -5.10. The van der Waals surface area contributed by atoms with E-state index < -0.39 is 31.6 Å². The molecular weight excluding hydrogens is 281 g/mol. The first-order chi connectivity index (χ1) is 9.35. The lowest BCUT2D eigenvalue weighted by molar-refractivity contribution is -0.186. The van der Waals surface area contributed by atoms with Crippen LogP contribution in [0.5, 0.6) is 11.5 Å². The van der Waals surface area contributed by atoms with Crippen LogP contribution in [-0.2, 0) is 16.0 Å². The second-order valence-corrected chi connectivity index (χ2v) is 4.14. The van der Waals surface area contributed by atoms with Crippen molar-refractivity contribution in [2.45, 2.75) is 18.7 Å². The van der Waals surface area contributed by atoms with E-state index in [0.717, 1.165) is 0 Å². The lowest BCUT2D eigenvalue weighted by Gasteiger charge is -2.10. The van der Waals surface area contributed by atoms with Gasteiger partial charge in [0.1, 0.15) is 18.1 Å². The quantitative estimate of drug-likeness (QED) is 0.664. The summed E-state index contributed by atoms with van der Waals surface area (Å²) in [4.78, 5) is 10.8. The molecule has 0 fully saturated rings. The van der Waals surface area contributed by atoms with Gasteiger partial charge in [0.05, 0.1) is 0 Å². The van der Waals surface area contributed by atoms with Gasteiger partial charge in [-0.2, -0.15) is 13.2 Å². The van der Waals surface area contributed by atoms with Gasteiger partial charge in [-0.25, -0.2) is 4.79 Å². The van der Waals surface area contributed by atoms with Crippen molar-refractivity contribution in [2.75, 3.05) is 13.4 Å². The van der Waals surface area contributed by atoms with E-state index >= 15 is 0 Å². The monoisotopic (exact) mass is 292 g/mol. The average Bonchev–Trinajstić information content (AvgIpc) is 2.76. The molecule has 1 aliphatic rings. The standard InChI is InChI=1S/C12H11F3O5/c13-12(14,15)5-18-6-19-8-2-1-7-3-10(11(16)17)20-9(7)4-8/h1-2,4,10H,3,5-6H2,(H,16,17). The van der Waals surface area contributed by atoms with Gasteiger partial charge >= 0.3 is 12.1 Å². The van der Waals surface area contributed by atoms with Crippen LogP contribution in [0.4, 0.5) is 13.2 Å². The maximum atomic E-state index is 11.8. The molecule has 0 bridgehead atoms. The summed E-state index contributed by atoms with van der Waals surface area (Å²) in [5.74, 6) is -0.472. The minimum Gasteiger partial charge on any atom is -0.478 e. The Morgan fingerprint density at radius 1 is 1.45 bits per heavy atom. The third kappa shape index (κ3) is 3.77. The smallest absolute Gasteiger partial charge is 0.411 e. The summed E-state index contributed by atoms with van der Waals surface area (Å²) < 4.78 is 49.9. The van der Waals surface area contributed by atoms with Gasteiger partial charge in [0, 0.05) is 12.5 Å². The fraction of sp³-hybridized carbons (Fsp3) is 0.417. The number of carboxylic acid groups (broad SMARTS) is 1. The molecule has 1 heterocycles. The normalized spacial score (nSPS) is 17.4. The largest absolute Gasteiger partial charge is 0.478 e. The second-order valence-electron chi connectivity index (χ2n) is 4.14. The van der Waals surface area contributed by atoms with E-state index in [1.165, 1.54) is 12.1 Å². The number of halogens is 3. The van der Waals surface area contributed by atoms with Gasteiger partial charge in [0.25, 0.3) is 0 Å². The number of benzene rings is 1. The summed E-state index contributed by atoms with van der Waals surface area (Å²) in [6.45, 7) is -1.95. The highest BCUT2D eigenvalue weighted by atomic mass is 19.4. The van der Waals surface area contributed by atoms with Crippen molar-refractivity contribution in [1.29, 1.82) is 0 Å². The molecule has 1 N–H and O–H groups in total. The van der Waals surface area contributed by atoms with E-state index in [2.05, 4.69) is 4.74 Å². The Labute approximate surface area is 111 Å². The van der Waals surface area contributed by atoms with Crippen LogP contribution in [0.1, 0.15) is 5.56 Å². The maximum Gasteiger partial charge on any atom is 0.411 e. The molecule has 1 atom stereocenters. The third-order valence-corrected chi connectivity index (χ3v) is 2.56. The number of alkyl halides is 3. The van der Waals surface area contributed by atoms with E-state index in [-0.39, 0.29) is 12.2 Å². The molecule has 5 nitrogen and oxygen atoms in total. The minimum atomic E-state index is -4.40. The molecule has 1 aromatic rings. The maximum absolute atomic E-state index is 11.8. The summed E-state index contributed by atoms with van der Waals surface area (Å²) in [7, 11) is 0. The Kier molecular flexibility index (Phi) is 4.03. The summed E-state index contributed by atoms with van der Waals surface area (Å²) >= 11 is 0. The van der Waals surface area contributed by atoms with Crippen molar-refractivity contribution in [2.24, 2.45) is 0 Å². The first-order valence-electron chi connectivity index (χ1n) is 5.65. The second kappa shape index (κ2) is 5.58. The van der Waals surface area contributed by atoms with Gasteiger partial charge in [0.15, 0.2) is 12.9 Å². The SMILES string of the molecule is O=C(O)C1Cc2ccc(OCOCC(F)(F)F)cc2O1. The molecular formula is C12H11F3O5. The summed E-state index contributed by atoms with van der Waals surface area (Å²) in [5.41, 5.74) is 0.709. The number of carbonyl (C=O) groups is 1. The van der Waals surface area contributed by atoms with Crippen LogP contribution in [0.15, 0.2) is 18.2 Å². The van der Waals surface area contributed by atoms with Crippen LogP contribution in [-0.4, -0.2) is 36.8 Å². The van der Waals surface area contributed by atoms with Crippen molar-refractivity contribution in [3.8, 4) is 11.5 Å². The van der Waals surface area contributed by atoms with Gasteiger partial charge < -0.3 is 19.3 Å². The van der Waals surface area contributed by atoms with Crippen LogP contribution >= 0.6 is 0 Å². The first kappa shape index (κ1) is 14.4. The van der Waals surface area contributed by atoms with E-state index in [4.69, 9.17) is 14.6 Å². The minimum absolute atomic E-state index is 0.246. The van der Waals surface area contributed by atoms with Crippen LogP contribution in [0.3, 0.4) is 0 Å². The lowest BCUT2D eigenvalue weighted by Crippen LogP contribution is -2.24. The summed E-state index contributed by atoms with van der Waals surface area (Å²) in [6, 6.07) is 4.55. The highest BCUT2D eigenvalue weighted by Crippen LogP contribution is 2.32. The predicted octanol–water partition coefficient (Wildman–Crippen LogP) is 1.99. The Morgan fingerprint density at radius 2 is 2.20 bits per heavy atom. The number of ether oxygens (including phenoxy) is 3. The molecule has 8 heteroatoms. The highest BCUT2D eigenvalue weighted by Gasteiger charge is 2.29. The van der Waals surface area contributed by atoms with Gasteiger partial charge in [-0.1, -0.05) is 6.07 Å². The lowest BCUT2D eigenvalue weighted by atomic mass is 10.1. The summed E-state index contributed by atoms with van der Waals surface area (Å²) in [5, 5.41) is 8.82. The average molecular weight is 292 g/mol. The Hall–Kier alpha value is -1.96. The topological polar surface area (TPSA) is 65.0 Å². The number of carboxylic acids is 1. The van der Waals surface area contributed by atoms with E-state index in [0.29, 0.717) is 11.3 Å². The van der Waals surface area contributed by atoms with Gasteiger partial charge in [0.2, 0.25) is 0 Å². The number of fused-ring (bicyclic) bond motifs is 1. The van der Waals surface area contributed by atoms with Crippen molar-refractivity contribution in [1.82, 2.24) is 0 Å². The van der Waals surface area contributed by atoms with E-state index in [1.54, 1.807) is 6.07 Å². The van der Waals surface area contributed by atoms with E-state index in [1.807, 2.05) is 0 Å². The van der Waals surface area contributed by atoms with Crippen LogP contribution in [0.2, 0.25) is 0 Å². The van der Waals surface area contributed by atoms with Crippen molar-refractivity contribution < 1.29 is 37.3 Å². The van der Waals surface area contributed by atoms with Crippen LogP contribution in [0, 0.1) is 0 Å². The first-order valence-corrected chi connectivity index (χ1v) is 5.65. The Balaban J connectivity index is 1.87. The molecule has 1 unspecified atom stereocenters. The zero-order valence-corrected chi connectivity index (χ0v) is 10.1. The van der Waals surface area contributed by atoms with Gasteiger partial charge in [-0.05, 0) is 11.6 Å². The zero-order valence-electron chi connectivity index (χ0n) is 10.1. The molecule has 2 rings (SSSR count). The molecule has 0 radical (unpaired) electrons. The molecule has 0 aliphatic carbocycles. The molecule has 0 saturated carbocycles. The molecule has 20 heavy (non-hydrogen) atoms. The van der Waals surface area contributed by atoms with Gasteiger partial charge in [-0.15, -0.1) is 0 Å². The molecule has 1 aliphatic heterocycles. The zero-order chi connectivity index (χ0) is 14.8. The number of hydrogen-bond acceptors (Lipinski definition) is 4. The Bertz CT molecular complexity index is 500. The molecule has 0 saturated heterocycles. The molecule has 0 amide bonds. The Morgan fingerprint density at radius 3 is 2.85 bits per heavy atom. The van der Waals surface area contributed by atoms with Gasteiger partial charge in [-0.3, -0.25) is 0 Å². The van der Waals surface area contributed by atoms with Crippen molar-refractivity contribution in [3.05, 3.63) is 23.8 Å². The van der Waals surface area contributed by atoms with E-state index in [9.17, 15) is 18.0 Å². The fourth-order valence-corrected chi connectivity index (χ4v) is 1.70. The molecule has 0 spiro atoms. The van der Waals surface area contributed by atoms with Crippen LogP contribution < -0.4 is 9.47 Å². The highest BCUT2D eigenvalue weighted by molar-refractivity contribution is 5.74. The third-order valence-electron chi connectivity index (χ3n) is 2.56. The molecule has 110 valence electrons. The fourth-order valence-electron chi connectivity index (χ4n) is 1.70.